The van der Waals surface area contributed by atoms with E-state index in [2.05, 4.69) is 5.32 Å². The molecule has 1 N–H and O–H groups in total. The Hall–Kier alpha value is -1.71. The predicted molar refractivity (Wildman–Crippen MR) is 81.6 cm³/mol. The first-order chi connectivity index (χ1) is 9.58. The molecule has 1 atom stereocenters. The molecular weight excluding hydrogens is 297 g/mol. The summed E-state index contributed by atoms with van der Waals surface area (Å²) in [6.07, 6.45) is -0.662. The van der Waals surface area contributed by atoms with E-state index in [1.807, 2.05) is 18.2 Å². The Morgan fingerprint density at radius 2 is 1.65 bits per heavy atom. The molecule has 0 bridgehead atoms. The summed E-state index contributed by atoms with van der Waals surface area (Å²) in [6, 6.07) is 14.1. The van der Waals surface area contributed by atoms with Crippen molar-refractivity contribution in [1.29, 1.82) is 0 Å². The van der Waals surface area contributed by atoms with Gasteiger partial charge in [-0.05, 0) is 31.2 Å². The van der Waals surface area contributed by atoms with Gasteiger partial charge in [-0.1, -0.05) is 47.5 Å². The Morgan fingerprint density at radius 3 is 2.25 bits per heavy atom. The van der Waals surface area contributed by atoms with Gasteiger partial charge in [0.05, 0.1) is 15.7 Å². The molecule has 0 saturated heterocycles. The van der Waals surface area contributed by atoms with Crippen LogP contribution in [0.5, 0.6) is 5.75 Å². The number of carbonyl (C=O) groups is 1. The van der Waals surface area contributed by atoms with Crippen LogP contribution in [-0.2, 0) is 4.79 Å². The molecule has 20 heavy (non-hydrogen) atoms. The molecule has 0 radical (unpaired) electrons. The van der Waals surface area contributed by atoms with Crippen LogP contribution in [0.15, 0.2) is 48.5 Å². The lowest BCUT2D eigenvalue weighted by Crippen LogP contribution is -2.30. The molecule has 0 aliphatic rings. The number of amides is 1. The SMILES string of the molecule is C[C@@H](Oc1ccccc1)C(=O)Nc1c(Cl)cccc1Cl. The monoisotopic (exact) mass is 309 g/mol. The molecule has 0 fully saturated rings. The number of nitrogens with one attached hydrogen (secondary N) is 1. The number of ether oxygens (including phenoxy) is 1. The zero-order valence-electron chi connectivity index (χ0n) is 10.8. The molecule has 104 valence electrons. The second kappa shape index (κ2) is 6.64. The highest BCUT2D eigenvalue weighted by Crippen LogP contribution is 2.30. The summed E-state index contributed by atoms with van der Waals surface area (Å²) in [5.74, 6) is 0.309. The summed E-state index contributed by atoms with van der Waals surface area (Å²) < 4.78 is 5.53. The summed E-state index contributed by atoms with van der Waals surface area (Å²) in [5, 5.41) is 3.44. The predicted octanol–water partition coefficient (Wildman–Crippen LogP) is 4.40. The van der Waals surface area contributed by atoms with Gasteiger partial charge >= 0.3 is 0 Å². The Kier molecular flexibility index (Phi) is 4.88. The quantitative estimate of drug-likeness (QED) is 0.909. The van der Waals surface area contributed by atoms with E-state index in [1.54, 1.807) is 37.3 Å². The van der Waals surface area contributed by atoms with Crippen molar-refractivity contribution in [2.45, 2.75) is 13.0 Å². The molecule has 3 nitrogen and oxygen atoms in total. The van der Waals surface area contributed by atoms with Crippen molar-refractivity contribution in [1.82, 2.24) is 0 Å². The van der Waals surface area contributed by atoms with Gasteiger partial charge < -0.3 is 10.1 Å². The van der Waals surface area contributed by atoms with Gasteiger partial charge in [0.15, 0.2) is 6.10 Å². The van der Waals surface area contributed by atoms with E-state index < -0.39 is 6.10 Å². The third-order valence-corrected chi connectivity index (χ3v) is 3.27. The van der Waals surface area contributed by atoms with Crippen molar-refractivity contribution in [3.8, 4) is 5.75 Å². The van der Waals surface area contributed by atoms with E-state index in [0.29, 0.717) is 21.5 Å². The van der Waals surface area contributed by atoms with E-state index in [9.17, 15) is 4.79 Å². The molecule has 2 aromatic carbocycles. The molecule has 0 aromatic heterocycles. The molecule has 0 aliphatic heterocycles. The first-order valence-corrected chi connectivity index (χ1v) is 6.80. The molecule has 0 heterocycles. The zero-order valence-corrected chi connectivity index (χ0v) is 12.3. The van der Waals surface area contributed by atoms with Gasteiger partial charge in [0.2, 0.25) is 0 Å². The summed E-state index contributed by atoms with van der Waals surface area (Å²) >= 11 is 12.0. The molecule has 0 aliphatic carbocycles. The Bertz CT molecular complexity index is 582. The normalized spacial score (nSPS) is 11.8. The molecule has 2 rings (SSSR count). The van der Waals surface area contributed by atoms with Crippen molar-refractivity contribution < 1.29 is 9.53 Å². The molecule has 0 spiro atoms. The fourth-order valence-electron chi connectivity index (χ4n) is 1.60. The van der Waals surface area contributed by atoms with E-state index in [-0.39, 0.29) is 5.91 Å². The lowest BCUT2D eigenvalue weighted by Gasteiger charge is -2.15. The molecule has 2 aromatic rings. The van der Waals surface area contributed by atoms with Crippen LogP contribution in [0.2, 0.25) is 10.0 Å². The van der Waals surface area contributed by atoms with E-state index in [0.717, 1.165) is 0 Å². The number of anilines is 1. The van der Waals surface area contributed by atoms with E-state index in [4.69, 9.17) is 27.9 Å². The van der Waals surface area contributed by atoms with Crippen molar-refractivity contribution >= 4 is 34.8 Å². The number of benzene rings is 2. The molecule has 0 unspecified atom stereocenters. The number of rotatable bonds is 4. The van der Waals surface area contributed by atoms with Gasteiger partial charge in [0.1, 0.15) is 5.75 Å². The second-order valence-corrected chi connectivity index (χ2v) is 4.97. The Morgan fingerprint density at radius 1 is 1.05 bits per heavy atom. The minimum Gasteiger partial charge on any atom is -0.481 e. The van der Waals surface area contributed by atoms with Crippen LogP contribution in [0.3, 0.4) is 0 Å². The highest BCUT2D eigenvalue weighted by molar-refractivity contribution is 6.39. The molecular formula is C15H13Cl2NO2. The van der Waals surface area contributed by atoms with Gasteiger partial charge in [-0.25, -0.2) is 0 Å². The van der Waals surface area contributed by atoms with Gasteiger partial charge in [0.25, 0.3) is 5.91 Å². The second-order valence-electron chi connectivity index (χ2n) is 4.16. The fourth-order valence-corrected chi connectivity index (χ4v) is 2.09. The van der Waals surface area contributed by atoms with E-state index in [1.165, 1.54) is 0 Å². The van der Waals surface area contributed by atoms with Crippen LogP contribution in [0.25, 0.3) is 0 Å². The Balaban J connectivity index is 2.05. The first-order valence-electron chi connectivity index (χ1n) is 6.04. The zero-order chi connectivity index (χ0) is 14.5. The average Bonchev–Trinajstić information content (AvgIpc) is 2.44. The maximum Gasteiger partial charge on any atom is 0.265 e. The summed E-state index contributed by atoms with van der Waals surface area (Å²) in [5.41, 5.74) is 0.393. The lowest BCUT2D eigenvalue weighted by atomic mass is 10.3. The highest BCUT2D eigenvalue weighted by atomic mass is 35.5. The first kappa shape index (κ1) is 14.7. The minimum absolute atomic E-state index is 0.316. The van der Waals surface area contributed by atoms with Gasteiger partial charge in [0, 0.05) is 0 Å². The molecule has 5 heteroatoms. The van der Waals surface area contributed by atoms with Crippen LogP contribution in [0.4, 0.5) is 5.69 Å². The number of carbonyl (C=O) groups excluding carboxylic acids is 1. The third kappa shape index (κ3) is 3.65. The van der Waals surface area contributed by atoms with Gasteiger partial charge in [-0.15, -0.1) is 0 Å². The number of hydrogen-bond donors (Lipinski definition) is 1. The standard InChI is InChI=1S/C15H13Cl2NO2/c1-10(20-11-6-3-2-4-7-11)15(19)18-14-12(16)8-5-9-13(14)17/h2-10H,1H3,(H,18,19)/t10-/m1/s1. The molecule has 1 amide bonds. The average molecular weight is 310 g/mol. The number of halogens is 2. The lowest BCUT2D eigenvalue weighted by molar-refractivity contribution is -0.122. The maximum atomic E-state index is 12.1. The van der Waals surface area contributed by atoms with Gasteiger partial charge in [-0.2, -0.15) is 0 Å². The molecule has 0 saturated carbocycles. The van der Waals surface area contributed by atoms with Crippen LogP contribution >= 0.6 is 23.2 Å². The summed E-state index contributed by atoms with van der Waals surface area (Å²) in [6.45, 7) is 1.66. The highest BCUT2D eigenvalue weighted by Gasteiger charge is 2.17. The Labute approximate surface area is 127 Å². The maximum absolute atomic E-state index is 12.1. The largest absolute Gasteiger partial charge is 0.481 e. The minimum atomic E-state index is -0.662. The van der Waals surface area contributed by atoms with Crippen molar-refractivity contribution in [3.05, 3.63) is 58.6 Å². The van der Waals surface area contributed by atoms with Crippen molar-refractivity contribution in [2.75, 3.05) is 5.32 Å². The smallest absolute Gasteiger partial charge is 0.265 e. The van der Waals surface area contributed by atoms with Crippen LogP contribution in [-0.4, -0.2) is 12.0 Å². The fraction of sp³-hybridized carbons (Fsp3) is 0.133. The van der Waals surface area contributed by atoms with Gasteiger partial charge in [-0.3, -0.25) is 4.79 Å². The summed E-state index contributed by atoms with van der Waals surface area (Å²) in [7, 11) is 0. The number of hydrogen-bond acceptors (Lipinski definition) is 2. The summed E-state index contributed by atoms with van der Waals surface area (Å²) in [4.78, 5) is 12.1. The van der Waals surface area contributed by atoms with Crippen LogP contribution in [0.1, 0.15) is 6.92 Å². The van der Waals surface area contributed by atoms with Crippen LogP contribution < -0.4 is 10.1 Å². The topological polar surface area (TPSA) is 38.3 Å². The van der Waals surface area contributed by atoms with Crippen molar-refractivity contribution in [2.24, 2.45) is 0 Å². The van der Waals surface area contributed by atoms with E-state index >= 15 is 0 Å². The van der Waals surface area contributed by atoms with Crippen molar-refractivity contribution in [3.63, 3.8) is 0 Å². The number of para-hydroxylation sites is 2. The van der Waals surface area contributed by atoms with Crippen LogP contribution in [0, 0.1) is 0 Å². The third-order valence-electron chi connectivity index (χ3n) is 2.64.